The summed E-state index contributed by atoms with van der Waals surface area (Å²) in [4.78, 5) is 14.0. The minimum Gasteiger partial charge on any atom is -0.338 e. The van der Waals surface area contributed by atoms with E-state index >= 15 is 0 Å². The molecule has 25 heavy (non-hydrogen) atoms. The average molecular weight is 366 g/mol. The van der Waals surface area contributed by atoms with Crippen molar-refractivity contribution in [3.05, 3.63) is 52.8 Å². The summed E-state index contributed by atoms with van der Waals surface area (Å²) in [5.41, 5.74) is 2.00. The summed E-state index contributed by atoms with van der Waals surface area (Å²) in [5.74, 6) is 3.34. The van der Waals surface area contributed by atoms with Crippen molar-refractivity contribution in [2.45, 2.75) is 29.5 Å². The fourth-order valence-electron chi connectivity index (χ4n) is 2.65. The Labute approximate surface area is 152 Å². The second kappa shape index (κ2) is 6.24. The van der Waals surface area contributed by atoms with Gasteiger partial charge in [0.25, 0.3) is 0 Å². The zero-order valence-electron chi connectivity index (χ0n) is 13.3. The fraction of sp³-hybridized carbons (Fsp3) is 0.222. The van der Waals surface area contributed by atoms with Crippen molar-refractivity contribution in [3.8, 4) is 11.4 Å². The van der Waals surface area contributed by atoms with Crippen LogP contribution in [-0.4, -0.2) is 20.1 Å². The lowest BCUT2D eigenvalue weighted by atomic mass is 10.2. The summed E-state index contributed by atoms with van der Waals surface area (Å²) in [7, 11) is 0. The van der Waals surface area contributed by atoms with Crippen LogP contribution in [0.15, 0.2) is 50.6 Å². The lowest BCUT2D eigenvalue weighted by Crippen LogP contribution is -1.96. The normalized spacial score (nSPS) is 14.2. The van der Waals surface area contributed by atoms with Gasteiger partial charge in [0.2, 0.25) is 11.7 Å². The predicted molar refractivity (Wildman–Crippen MR) is 98.7 cm³/mol. The molecule has 0 spiro atoms. The van der Waals surface area contributed by atoms with E-state index in [0.29, 0.717) is 23.4 Å². The highest BCUT2D eigenvalue weighted by molar-refractivity contribution is 7.98. The number of fused-ring (bicyclic) bond motifs is 1. The highest BCUT2D eigenvalue weighted by Crippen LogP contribution is 2.40. The van der Waals surface area contributed by atoms with Gasteiger partial charge in [0.1, 0.15) is 10.9 Å². The van der Waals surface area contributed by atoms with E-state index in [1.165, 1.54) is 12.8 Å². The maximum Gasteiger partial charge on any atom is 0.237 e. The van der Waals surface area contributed by atoms with Gasteiger partial charge in [-0.15, -0.1) is 0 Å². The molecule has 0 radical (unpaired) electrons. The molecule has 5 nitrogen and oxygen atoms in total. The number of rotatable bonds is 5. The Kier molecular flexibility index (Phi) is 3.75. The molecule has 1 fully saturated rings. The Balaban J connectivity index is 1.42. The van der Waals surface area contributed by atoms with Gasteiger partial charge in [-0.25, -0.2) is 9.97 Å². The second-order valence-electron chi connectivity index (χ2n) is 5.99. The molecule has 0 amide bonds. The first-order valence-electron chi connectivity index (χ1n) is 8.11. The zero-order valence-corrected chi connectivity index (χ0v) is 14.9. The van der Waals surface area contributed by atoms with Crippen LogP contribution in [-0.2, 0) is 5.75 Å². The number of nitrogens with zero attached hydrogens (tertiary/aromatic N) is 4. The fourth-order valence-corrected chi connectivity index (χ4v) is 4.15. The number of aromatic nitrogens is 4. The molecule has 1 aliphatic rings. The maximum absolute atomic E-state index is 5.39. The molecular formula is C18H14N4OS2. The number of thiophene rings is 1. The van der Waals surface area contributed by atoms with Crippen LogP contribution >= 0.6 is 23.1 Å². The molecule has 0 N–H and O–H groups in total. The third kappa shape index (κ3) is 3.05. The van der Waals surface area contributed by atoms with Crippen LogP contribution in [0.3, 0.4) is 0 Å². The summed E-state index contributed by atoms with van der Waals surface area (Å²) in [5, 5.41) is 10.2. The van der Waals surface area contributed by atoms with Gasteiger partial charge in [-0.1, -0.05) is 35.1 Å². The molecule has 0 aliphatic heterocycles. The largest absolute Gasteiger partial charge is 0.338 e. The molecule has 0 unspecified atom stereocenters. The van der Waals surface area contributed by atoms with E-state index in [1.807, 2.05) is 35.0 Å². The van der Waals surface area contributed by atoms with E-state index in [-0.39, 0.29) is 0 Å². The molecule has 0 bridgehead atoms. The molecule has 0 saturated heterocycles. The van der Waals surface area contributed by atoms with Crippen LogP contribution in [0.4, 0.5) is 0 Å². The smallest absolute Gasteiger partial charge is 0.237 e. The molecule has 0 atom stereocenters. The Morgan fingerprint density at radius 2 is 2.04 bits per heavy atom. The van der Waals surface area contributed by atoms with Crippen molar-refractivity contribution in [1.29, 1.82) is 0 Å². The lowest BCUT2D eigenvalue weighted by molar-refractivity contribution is 0.391. The lowest BCUT2D eigenvalue weighted by Gasteiger charge is -2.06. The highest BCUT2D eigenvalue weighted by atomic mass is 32.2. The van der Waals surface area contributed by atoms with Gasteiger partial charge < -0.3 is 4.52 Å². The van der Waals surface area contributed by atoms with Crippen LogP contribution in [0.25, 0.3) is 22.3 Å². The Bertz CT molecular complexity index is 1020. The summed E-state index contributed by atoms with van der Waals surface area (Å²) >= 11 is 3.25. The number of benzene rings is 1. The molecule has 5 rings (SSSR count). The summed E-state index contributed by atoms with van der Waals surface area (Å²) in [6, 6.07) is 10.2. The summed E-state index contributed by atoms with van der Waals surface area (Å²) in [6.07, 6.45) is 2.38. The van der Waals surface area contributed by atoms with Crippen molar-refractivity contribution in [3.63, 3.8) is 0 Å². The minimum atomic E-state index is 0.526. The quantitative estimate of drug-likeness (QED) is 0.369. The topological polar surface area (TPSA) is 64.7 Å². The highest BCUT2D eigenvalue weighted by Gasteiger charge is 2.27. The Hall–Kier alpha value is -2.25. The minimum absolute atomic E-state index is 0.526. The van der Waals surface area contributed by atoms with Crippen LogP contribution in [0.2, 0.25) is 0 Å². The Morgan fingerprint density at radius 3 is 2.88 bits per heavy atom. The second-order valence-corrected chi connectivity index (χ2v) is 7.73. The van der Waals surface area contributed by atoms with E-state index in [4.69, 9.17) is 14.5 Å². The maximum atomic E-state index is 5.39. The van der Waals surface area contributed by atoms with Crippen molar-refractivity contribution < 1.29 is 4.52 Å². The molecule has 3 aromatic heterocycles. The molecular weight excluding hydrogens is 352 g/mol. The molecule has 1 saturated carbocycles. The van der Waals surface area contributed by atoms with Crippen molar-refractivity contribution in [2.75, 3.05) is 0 Å². The summed E-state index contributed by atoms with van der Waals surface area (Å²) in [6.45, 7) is 0. The van der Waals surface area contributed by atoms with E-state index in [0.717, 1.165) is 27.3 Å². The molecule has 1 aliphatic carbocycles. The van der Waals surface area contributed by atoms with Crippen LogP contribution < -0.4 is 0 Å². The first-order valence-corrected chi connectivity index (χ1v) is 10.0. The average Bonchev–Trinajstić information content (AvgIpc) is 3.16. The van der Waals surface area contributed by atoms with E-state index in [1.54, 1.807) is 23.1 Å². The molecule has 124 valence electrons. The molecule has 1 aromatic carbocycles. The first kappa shape index (κ1) is 15.0. The van der Waals surface area contributed by atoms with E-state index < -0.39 is 0 Å². The van der Waals surface area contributed by atoms with Gasteiger partial charge in [-0.2, -0.15) is 16.3 Å². The van der Waals surface area contributed by atoms with Gasteiger partial charge >= 0.3 is 0 Å². The van der Waals surface area contributed by atoms with Gasteiger partial charge in [0.05, 0.1) is 11.3 Å². The molecule has 4 aromatic rings. The standard InChI is InChI=1S/C18H14N4OS2/c1-2-4-14-13(3-1)18(21-16(19-14)11-5-6-11)25-10-15-20-17(22-23-15)12-7-8-24-9-12/h1-4,7-9,11H,5-6,10H2. The van der Waals surface area contributed by atoms with Crippen LogP contribution in [0.1, 0.15) is 30.5 Å². The van der Waals surface area contributed by atoms with E-state index in [9.17, 15) is 0 Å². The monoisotopic (exact) mass is 366 g/mol. The van der Waals surface area contributed by atoms with Crippen molar-refractivity contribution in [2.24, 2.45) is 0 Å². The third-order valence-electron chi connectivity index (χ3n) is 4.11. The molecule has 3 heterocycles. The van der Waals surface area contributed by atoms with Gasteiger partial charge in [-0.3, -0.25) is 0 Å². The van der Waals surface area contributed by atoms with Gasteiger partial charge in [0, 0.05) is 22.2 Å². The van der Waals surface area contributed by atoms with Gasteiger partial charge in [-0.05, 0) is 30.4 Å². The number of hydrogen-bond donors (Lipinski definition) is 0. The van der Waals surface area contributed by atoms with Crippen LogP contribution in [0.5, 0.6) is 0 Å². The van der Waals surface area contributed by atoms with Gasteiger partial charge in [0.15, 0.2) is 0 Å². The van der Waals surface area contributed by atoms with Crippen LogP contribution in [0, 0.1) is 0 Å². The summed E-state index contributed by atoms with van der Waals surface area (Å²) < 4.78 is 5.39. The SMILES string of the molecule is c1ccc2c(SCc3nc(-c4ccsc4)no3)nc(C3CC3)nc2c1. The number of para-hydroxylation sites is 1. The molecule has 7 heteroatoms. The Morgan fingerprint density at radius 1 is 1.12 bits per heavy atom. The zero-order chi connectivity index (χ0) is 16.6. The van der Waals surface area contributed by atoms with Crippen molar-refractivity contribution >= 4 is 34.0 Å². The van der Waals surface area contributed by atoms with E-state index in [2.05, 4.69) is 16.2 Å². The number of hydrogen-bond acceptors (Lipinski definition) is 7. The third-order valence-corrected chi connectivity index (χ3v) is 5.77. The van der Waals surface area contributed by atoms with Crippen molar-refractivity contribution in [1.82, 2.24) is 20.1 Å². The first-order chi connectivity index (χ1) is 12.4. The predicted octanol–water partition coefficient (Wildman–Crippen LogP) is 4.91. The number of thioether (sulfide) groups is 1.